The highest BCUT2D eigenvalue weighted by Gasteiger charge is 2.00. The molecule has 1 aromatic carbocycles. The van der Waals surface area contributed by atoms with Gasteiger partial charge in [0.1, 0.15) is 17.5 Å². The maximum Gasteiger partial charge on any atom is 0.133 e. The molecule has 0 saturated carbocycles. The first-order valence-corrected chi connectivity index (χ1v) is 5.90. The van der Waals surface area contributed by atoms with Crippen LogP contribution >= 0.6 is 27.5 Å². The second-order valence-electron chi connectivity index (χ2n) is 3.21. The molecule has 1 heterocycles. The van der Waals surface area contributed by atoms with Crippen LogP contribution in [0.4, 0.5) is 0 Å². The Labute approximate surface area is 107 Å². The van der Waals surface area contributed by atoms with Gasteiger partial charge in [0.2, 0.25) is 0 Å². The van der Waals surface area contributed by atoms with Gasteiger partial charge in [-0.2, -0.15) is 0 Å². The Bertz CT molecular complexity index is 490. The van der Waals surface area contributed by atoms with E-state index in [-0.39, 0.29) is 0 Å². The van der Waals surface area contributed by atoms with Gasteiger partial charge in [-0.15, -0.1) is 0 Å². The minimum absolute atomic E-state index is 0.477. The van der Waals surface area contributed by atoms with Gasteiger partial charge in [-0.05, 0) is 45.8 Å². The normalized spacial score (nSPS) is 10.1. The van der Waals surface area contributed by atoms with Crippen LogP contribution in [0.15, 0.2) is 47.1 Å². The lowest BCUT2D eigenvalue weighted by Crippen LogP contribution is -1.96. The molecule has 4 heteroatoms. The summed E-state index contributed by atoms with van der Waals surface area (Å²) in [4.78, 5) is 3.91. The number of aromatic nitrogens is 1. The monoisotopic (exact) mass is 297 g/mol. The molecule has 1 aromatic heterocycles. The van der Waals surface area contributed by atoms with Crippen LogP contribution in [0.25, 0.3) is 0 Å². The number of rotatable bonds is 3. The molecule has 0 atom stereocenters. The summed E-state index contributed by atoms with van der Waals surface area (Å²) in [5, 5.41) is 0.480. The van der Waals surface area contributed by atoms with E-state index < -0.39 is 0 Å². The highest BCUT2D eigenvalue weighted by atomic mass is 79.9. The second kappa shape index (κ2) is 5.32. The predicted octanol–water partition coefficient (Wildman–Crippen LogP) is 4.08. The summed E-state index contributed by atoms with van der Waals surface area (Å²) in [6, 6.07) is 11.4. The van der Waals surface area contributed by atoms with Gasteiger partial charge >= 0.3 is 0 Å². The Morgan fingerprint density at radius 1 is 1.25 bits per heavy atom. The molecular weight excluding hydrogens is 289 g/mol. The van der Waals surface area contributed by atoms with E-state index in [0.717, 1.165) is 15.8 Å². The first-order chi connectivity index (χ1) is 7.75. The van der Waals surface area contributed by atoms with E-state index in [1.165, 1.54) is 0 Å². The number of para-hydroxylation sites is 1. The molecule has 16 heavy (non-hydrogen) atoms. The fraction of sp³-hybridized carbons (Fsp3) is 0.0833. The smallest absolute Gasteiger partial charge is 0.133 e. The number of halogens is 2. The van der Waals surface area contributed by atoms with Crippen molar-refractivity contribution in [3.63, 3.8) is 0 Å². The second-order valence-corrected chi connectivity index (χ2v) is 4.45. The standard InChI is InChI=1S/C12H9BrClNO/c13-10-3-1-2-4-11(10)16-8-9-5-6-15-12(14)7-9/h1-7H,8H2. The molecule has 0 spiro atoms. The molecule has 2 nitrogen and oxygen atoms in total. The third-order valence-corrected chi connectivity index (χ3v) is 2.88. The molecule has 0 N–H and O–H groups in total. The van der Waals surface area contributed by atoms with Crippen molar-refractivity contribution in [2.75, 3.05) is 0 Å². The van der Waals surface area contributed by atoms with Crippen molar-refractivity contribution in [1.82, 2.24) is 4.98 Å². The number of benzene rings is 1. The molecule has 0 aliphatic heterocycles. The van der Waals surface area contributed by atoms with Crippen LogP contribution in [0.2, 0.25) is 5.15 Å². The van der Waals surface area contributed by atoms with Crippen molar-refractivity contribution in [1.29, 1.82) is 0 Å². The molecule has 0 unspecified atom stereocenters. The van der Waals surface area contributed by atoms with E-state index in [1.54, 1.807) is 12.3 Å². The van der Waals surface area contributed by atoms with Crippen LogP contribution in [0.5, 0.6) is 5.75 Å². The third-order valence-electron chi connectivity index (χ3n) is 2.02. The fourth-order valence-corrected chi connectivity index (χ4v) is 1.85. The third kappa shape index (κ3) is 2.97. The van der Waals surface area contributed by atoms with Crippen LogP contribution in [-0.2, 0) is 6.61 Å². The topological polar surface area (TPSA) is 22.1 Å². The molecule has 0 bridgehead atoms. The van der Waals surface area contributed by atoms with Crippen LogP contribution in [0.1, 0.15) is 5.56 Å². The number of ether oxygens (including phenoxy) is 1. The largest absolute Gasteiger partial charge is 0.488 e. The maximum absolute atomic E-state index is 5.78. The van der Waals surface area contributed by atoms with Gasteiger partial charge in [-0.25, -0.2) is 4.98 Å². The zero-order valence-electron chi connectivity index (χ0n) is 8.36. The lowest BCUT2D eigenvalue weighted by molar-refractivity contribution is 0.304. The van der Waals surface area contributed by atoms with Crippen LogP contribution < -0.4 is 4.74 Å². The van der Waals surface area contributed by atoms with Crippen molar-refractivity contribution in [2.24, 2.45) is 0 Å². The summed E-state index contributed by atoms with van der Waals surface area (Å²) in [7, 11) is 0. The zero-order chi connectivity index (χ0) is 11.4. The lowest BCUT2D eigenvalue weighted by Gasteiger charge is -2.07. The molecule has 82 valence electrons. The minimum Gasteiger partial charge on any atom is -0.488 e. The Hall–Kier alpha value is -1.06. The molecule has 2 aromatic rings. The van der Waals surface area contributed by atoms with Crippen molar-refractivity contribution >= 4 is 27.5 Å². The summed E-state index contributed by atoms with van der Waals surface area (Å²) in [6.45, 7) is 0.477. The van der Waals surface area contributed by atoms with E-state index in [2.05, 4.69) is 20.9 Å². The zero-order valence-corrected chi connectivity index (χ0v) is 10.7. The van der Waals surface area contributed by atoms with E-state index in [1.807, 2.05) is 30.3 Å². The van der Waals surface area contributed by atoms with Gasteiger partial charge in [0.15, 0.2) is 0 Å². The van der Waals surface area contributed by atoms with Crippen molar-refractivity contribution in [3.05, 3.63) is 57.8 Å². The highest BCUT2D eigenvalue weighted by molar-refractivity contribution is 9.10. The number of pyridine rings is 1. The molecule has 2 rings (SSSR count). The van der Waals surface area contributed by atoms with Crippen LogP contribution in [0, 0.1) is 0 Å². The molecule has 0 amide bonds. The van der Waals surface area contributed by atoms with Crippen LogP contribution in [-0.4, -0.2) is 4.98 Å². The Kier molecular flexibility index (Phi) is 3.80. The van der Waals surface area contributed by atoms with Gasteiger partial charge in [0.25, 0.3) is 0 Å². The van der Waals surface area contributed by atoms with Gasteiger partial charge < -0.3 is 4.74 Å². The first-order valence-electron chi connectivity index (χ1n) is 4.73. The van der Waals surface area contributed by atoms with Crippen LogP contribution in [0.3, 0.4) is 0 Å². The number of nitrogens with zero attached hydrogens (tertiary/aromatic N) is 1. The Balaban J connectivity index is 2.05. The molecule has 0 aliphatic rings. The molecule has 0 aliphatic carbocycles. The summed E-state index contributed by atoms with van der Waals surface area (Å²) in [6.07, 6.45) is 1.67. The highest BCUT2D eigenvalue weighted by Crippen LogP contribution is 2.24. The molecule has 0 fully saturated rings. The number of hydrogen-bond acceptors (Lipinski definition) is 2. The van der Waals surface area contributed by atoms with E-state index in [0.29, 0.717) is 11.8 Å². The quantitative estimate of drug-likeness (QED) is 0.797. The van der Waals surface area contributed by atoms with E-state index >= 15 is 0 Å². The minimum atomic E-state index is 0.477. The van der Waals surface area contributed by atoms with E-state index in [4.69, 9.17) is 16.3 Å². The lowest BCUT2D eigenvalue weighted by atomic mass is 10.3. The van der Waals surface area contributed by atoms with Crippen molar-refractivity contribution < 1.29 is 4.74 Å². The van der Waals surface area contributed by atoms with Gasteiger partial charge in [-0.3, -0.25) is 0 Å². The summed E-state index contributed by atoms with van der Waals surface area (Å²) < 4.78 is 6.58. The molecular formula is C12H9BrClNO. The number of hydrogen-bond donors (Lipinski definition) is 0. The average molecular weight is 299 g/mol. The van der Waals surface area contributed by atoms with Crippen molar-refractivity contribution in [3.8, 4) is 5.75 Å². The van der Waals surface area contributed by atoms with Gasteiger partial charge in [-0.1, -0.05) is 23.7 Å². The SMILES string of the molecule is Clc1cc(COc2ccccc2Br)ccn1. The molecule has 0 radical (unpaired) electrons. The fourth-order valence-electron chi connectivity index (χ4n) is 1.26. The Morgan fingerprint density at radius 2 is 2.06 bits per heavy atom. The predicted molar refractivity (Wildman–Crippen MR) is 67.7 cm³/mol. The summed E-state index contributed by atoms with van der Waals surface area (Å²) in [5.41, 5.74) is 0.996. The van der Waals surface area contributed by atoms with Crippen molar-refractivity contribution in [2.45, 2.75) is 6.61 Å². The van der Waals surface area contributed by atoms with Gasteiger partial charge in [0, 0.05) is 6.20 Å². The van der Waals surface area contributed by atoms with Gasteiger partial charge in [0.05, 0.1) is 4.47 Å². The van der Waals surface area contributed by atoms with E-state index in [9.17, 15) is 0 Å². The molecule has 0 saturated heterocycles. The average Bonchev–Trinajstić information content (AvgIpc) is 2.28. The summed E-state index contributed by atoms with van der Waals surface area (Å²) in [5.74, 6) is 0.815. The maximum atomic E-state index is 5.78. The Morgan fingerprint density at radius 3 is 2.81 bits per heavy atom. The summed E-state index contributed by atoms with van der Waals surface area (Å²) >= 11 is 9.20. The first kappa shape index (κ1) is 11.4.